The molecule has 0 atom stereocenters. The van der Waals surface area contributed by atoms with Crippen LogP contribution in [-0.2, 0) is 5.41 Å². The summed E-state index contributed by atoms with van der Waals surface area (Å²) in [4.78, 5) is 8.60. The number of thioether (sulfide) groups is 1. The average Bonchev–Trinajstić information content (AvgIpc) is 2.22. The number of nitrogens with zero attached hydrogens (tertiary/aromatic N) is 2. The first-order chi connectivity index (χ1) is 8.18. The second-order valence-corrected chi connectivity index (χ2v) is 7.65. The van der Waals surface area contributed by atoms with Gasteiger partial charge in [-0.1, -0.05) is 41.5 Å². The van der Waals surface area contributed by atoms with E-state index in [0.717, 1.165) is 17.1 Å². The average molecular weight is 264 g/mol. The molecule has 18 heavy (non-hydrogen) atoms. The standard InChI is InChI=1S/C15H24N2S/c1-14(2,3)10-18-8-7-12-9-13(15(4,5)6)17-11-16-12/h7-9,11H,10H2,1-6H3/b8-7+. The van der Waals surface area contributed by atoms with Crippen molar-refractivity contribution in [1.82, 2.24) is 9.97 Å². The van der Waals surface area contributed by atoms with Crippen molar-refractivity contribution in [2.75, 3.05) is 5.75 Å². The van der Waals surface area contributed by atoms with Crippen LogP contribution in [0.1, 0.15) is 52.9 Å². The highest BCUT2D eigenvalue weighted by molar-refractivity contribution is 8.02. The van der Waals surface area contributed by atoms with Gasteiger partial charge < -0.3 is 0 Å². The van der Waals surface area contributed by atoms with E-state index in [-0.39, 0.29) is 5.41 Å². The minimum Gasteiger partial charge on any atom is -0.241 e. The third kappa shape index (κ3) is 5.67. The maximum atomic E-state index is 4.33. The zero-order valence-corrected chi connectivity index (χ0v) is 13.1. The lowest BCUT2D eigenvalue weighted by molar-refractivity contribution is 0.481. The number of hydrogen-bond donors (Lipinski definition) is 0. The summed E-state index contributed by atoms with van der Waals surface area (Å²) in [6, 6.07) is 2.06. The highest BCUT2D eigenvalue weighted by Crippen LogP contribution is 2.23. The van der Waals surface area contributed by atoms with E-state index in [1.54, 1.807) is 6.33 Å². The Morgan fingerprint density at radius 1 is 1.11 bits per heavy atom. The molecule has 0 N–H and O–H groups in total. The first-order valence-corrected chi connectivity index (χ1v) is 7.34. The van der Waals surface area contributed by atoms with Gasteiger partial charge in [0.1, 0.15) is 6.33 Å². The van der Waals surface area contributed by atoms with Crippen molar-refractivity contribution >= 4 is 17.8 Å². The molecule has 0 saturated carbocycles. The summed E-state index contributed by atoms with van der Waals surface area (Å²) in [6.45, 7) is 13.2. The van der Waals surface area contributed by atoms with E-state index in [9.17, 15) is 0 Å². The summed E-state index contributed by atoms with van der Waals surface area (Å²) < 4.78 is 0. The smallest absolute Gasteiger partial charge is 0.116 e. The fourth-order valence-electron chi connectivity index (χ4n) is 1.29. The molecule has 0 bridgehead atoms. The summed E-state index contributed by atoms with van der Waals surface area (Å²) >= 11 is 1.83. The van der Waals surface area contributed by atoms with Crippen molar-refractivity contribution in [3.63, 3.8) is 0 Å². The molecule has 0 unspecified atom stereocenters. The number of aromatic nitrogens is 2. The molecule has 0 radical (unpaired) electrons. The first kappa shape index (κ1) is 15.2. The normalized spacial score (nSPS) is 13.2. The molecular weight excluding hydrogens is 240 g/mol. The van der Waals surface area contributed by atoms with Crippen LogP contribution >= 0.6 is 11.8 Å². The van der Waals surface area contributed by atoms with Gasteiger partial charge in [0, 0.05) is 16.9 Å². The van der Waals surface area contributed by atoms with E-state index in [0.29, 0.717) is 5.41 Å². The van der Waals surface area contributed by atoms with Crippen molar-refractivity contribution in [3.8, 4) is 0 Å². The third-order valence-electron chi connectivity index (χ3n) is 2.31. The van der Waals surface area contributed by atoms with Crippen LogP contribution in [0.5, 0.6) is 0 Å². The van der Waals surface area contributed by atoms with E-state index < -0.39 is 0 Å². The van der Waals surface area contributed by atoms with Crippen molar-refractivity contribution in [2.45, 2.75) is 47.0 Å². The lowest BCUT2D eigenvalue weighted by Gasteiger charge is -2.17. The Kier molecular flexibility index (Phi) is 4.97. The minimum atomic E-state index is 0.0735. The van der Waals surface area contributed by atoms with Crippen LogP contribution in [0.4, 0.5) is 0 Å². The second kappa shape index (κ2) is 5.87. The molecule has 0 spiro atoms. The Morgan fingerprint density at radius 3 is 2.33 bits per heavy atom. The topological polar surface area (TPSA) is 25.8 Å². The van der Waals surface area contributed by atoms with E-state index >= 15 is 0 Å². The molecule has 1 rings (SSSR count). The lowest BCUT2D eigenvalue weighted by Crippen LogP contribution is -2.13. The predicted molar refractivity (Wildman–Crippen MR) is 81.7 cm³/mol. The van der Waals surface area contributed by atoms with Crippen LogP contribution in [0, 0.1) is 5.41 Å². The molecule has 1 heterocycles. The molecule has 100 valence electrons. The minimum absolute atomic E-state index is 0.0735. The monoisotopic (exact) mass is 264 g/mol. The van der Waals surface area contributed by atoms with Gasteiger partial charge in [0.2, 0.25) is 0 Å². The zero-order chi connectivity index (χ0) is 13.8. The van der Waals surface area contributed by atoms with E-state index in [2.05, 4.69) is 69.1 Å². The predicted octanol–water partition coefficient (Wildman–Crippen LogP) is 4.52. The van der Waals surface area contributed by atoms with Gasteiger partial charge in [-0.25, -0.2) is 9.97 Å². The molecule has 2 nitrogen and oxygen atoms in total. The summed E-state index contributed by atoms with van der Waals surface area (Å²) in [7, 11) is 0. The maximum absolute atomic E-state index is 4.33. The Bertz CT molecular complexity index is 411. The third-order valence-corrected chi connectivity index (χ3v) is 3.67. The van der Waals surface area contributed by atoms with Gasteiger partial charge in [0.15, 0.2) is 0 Å². The van der Waals surface area contributed by atoms with Crippen molar-refractivity contribution in [1.29, 1.82) is 0 Å². The Hall–Kier alpha value is -0.830. The SMILES string of the molecule is CC(C)(C)CS/C=C/c1cc(C(C)(C)C)ncn1. The largest absolute Gasteiger partial charge is 0.241 e. The van der Waals surface area contributed by atoms with Gasteiger partial charge in [0.05, 0.1) is 5.69 Å². The van der Waals surface area contributed by atoms with E-state index in [1.807, 2.05) is 11.8 Å². The first-order valence-electron chi connectivity index (χ1n) is 6.29. The van der Waals surface area contributed by atoms with Gasteiger partial charge in [-0.15, -0.1) is 11.8 Å². The Balaban J connectivity index is 2.66. The second-order valence-electron chi connectivity index (χ2n) is 6.75. The van der Waals surface area contributed by atoms with Crippen LogP contribution in [0.25, 0.3) is 6.08 Å². The van der Waals surface area contributed by atoms with E-state index in [4.69, 9.17) is 0 Å². The molecule has 0 aromatic carbocycles. The number of hydrogen-bond acceptors (Lipinski definition) is 3. The number of rotatable bonds is 3. The van der Waals surface area contributed by atoms with Crippen LogP contribution in [-0.4, -0.2) is 15.7 Å². The molecule has 0 fully saturated rings. The highest BCUT2D eigenvalue weighted by atomic mass is 32.2. The molecule has 0 saturated heterocycles. The van der Waals surface area contributed by atoms with Crippen LogP contribution in [0.15, 0.2) is 17.8 Å². The summed E-state index contributed by atoms with van der Waals surface area (Å²) in [5.74, 6) is 1.11. The van der Waals surface area contributed by atoms with Crippen LogP contribution < -0.4 is 0 Å². The van der Waals surface area contributed by atoms with Gasteiger partial charge in [0.25, 0.3) is 0 Å². The molecule has 0 amide bonds. The molecule has 1 aromatic rings. The molecule has 0 aliphatic heterocycles. The fourth-order valence-corrected chi connectivity index (χ4v) is 2.12. The summed E-state index contributed by atoms with van der Waals surface area (Å²) in [5, 5.41) is 2.13. The van der Waals surface area contributed by atoms with Gasteiger partial charge in [-0.2, -0.15) is 0 Å². The molecular formula is C15H24N2S. The van der Waals surface area contributed by atoms with Crippen molar-refractivity contribution < 1.29 is 0 Å². The Morgan fingerprint density at radius 2 is 1.78 bits per heavy atom. The zero-order valence-electron chi connectivity index (χ0n) is 12.3. The summed E-state index contributed by atoms with van der Waals surface area (Å²) in [6.07, 6.45) is 3.71. The molecule has 0 aliphatic carbocycles. The summed E-state index contributed by atoms with van der Waals surface area (Å²) in [5.41, 5.74) is 2.50. The lowest BCUT2D eigenvalue weighted by atomic mass is 9.91. The van der Waals surface area contributed by atoms with E-state index in [1.165, 1.54) is 0 Å². The fraction of sp³-hybridized carbons (Fsp3) is 0.600. The maximum Gasteiger partial charge on any atom is 0.116 e. The van der Waals surface area contributed by atoms with Crippen LogP contribution in [0.3, 0.4) is 0 Å². The van der Waals surface area contributed by atoms with Gasteiger partial charge in [-0.3, -0.25) is 0 Å². The van der Waals surface area contributed by atoms with Gasteiger partial charge >= 0.3 is 0 Å². The van der Waals surface area contributed by atoms with Gasteiger partial charge in [-0.05, 0) is 23.0 Å². The quantitative estimate of drug-likeness (QED) is 0.802. The van der Waals surface area contributed by atoms with Crippen molar-refractivity contribution in [2.24, 2.45) is 5.41 Å². The molecule has 1 aromatic heterocycles. The van der Waals surface area contributed by atoms with Crippen LogP contribution in [0.2, 0.25) is 0 Å². The Labute approximate surface area is 115 Å². The van der Waals surface area contributed by atoms with Crippen molar-refractivity contribution in [3.05, 3.63) is 29.2 Å². The molecule has 0 aliphatic rings. The highest BCUT2D eigenvalue weighted by Gasteiger charge is 2.15. The molecule has 3 heteroatoms.